The molecule has 0 radical (unpaired) electrons. The Bertz CT molecular complexity index is 1320. The number of hydrogen-bond acceptors (Lipinski definition) is 4. The molecule has 4 aromatic rings. The van der Waals surface area contributed by atoms with E-state index in [9.17, 15) is 14.0 Å². The quantitative estimate of drug-likeness (QED) is 0.365. The van der Waals surface area contributed by atoms with Gasteiger partial charge in [-0.25, -0.2) is 9.37 Å². The molecule has 0 aliphatic carbocycles. The maximum atomic E-state index is 13.7. The number of primary amides is 1. The number of nitrogens with zero attached hydrogens (tertiary/aromatic N) is 2. The summed E-state index contributed by atoms with van der Waals surface area (Å²) in [5.41, 5.74) is 7.35. The first kappa shape index (κ1) is 20.1. The molecule has 0 saturated heterocycles. The van der Waals surface area contributed by atoms with Crippen molar-refractivity contribution < 1.29 is 9.18 Å². The second-order valence-electron chi connectivity index (χ2n) is 6.50. The zero-order chi connectivity index (χ0) is 21.3. The number of aromatic nitrogens is 2. The summed E-state index contributed by atoms with van der Waals surface area (Å²) in [7, 11) is 0. The number of hydrogen-bond donors (Lipinski definition) is 1. The second kappa shape index (κ2) is 8.30. The van der Waals surface area contributed by atoms with E-state index in [-0.39, 0.29) is 10.6 Å². The summed E-state index contributed by atoms with van der Waals surface area (Å²) in [6.45, 7) is 0. The lowest BCUT2D eigenvalue weighted by Crippen LogP contribution is -2.21. The molecule has 30 heavy (non-hydrogen) atoms. The van der Waals surface area contributed by atoms with Gasteiger partial charge in [0.2, 0.25) is 5.91 Å². The first-order valence-electron chi connectivity index (χ1n) is 8.93. The highest BCUT2D eigenvalue weighted by atomic mass is 35.5. The van der Waals surface area contributed by atoms with Crippen LogP contribution in [0.1, 0.15) is 15.9 Å². The maximum Gasteiger partial charge on any atom is 0.266 e. The standard InChI is InChI=1S/C22H15ClFN3O2S/c23-17-11-15(9-10-18(17)24)27-21(29)16-3-1-2-4-19(16)26-22(27)30-12-13-5-7-14(8-6-13)20(25)28/h1-11H,12H2,(H2,25,28). The summed E-state index contributed by atoms with van der Waals surface area (Å²) >= 11 is 7.29. The molecule has 0 atom stereocenters. The Labute approximate surface area is 180 Å². The lowest BCUT2D eigenvalue weighted by atomic mass is 10.1. The van der Waals surface area contributed by atoms with E-state index in [0.29, 0.717) is 33.1 Å². The molecule has 0 bridgehead atoms. The van der Waals surface area contributed by atoms with Gasteiger partial charge in [0, 0.05) is 11.3 Å². The Kier molecular flexibility index (Phi) is 5.57. The molecular formula is C22H15ClFN3O2S. The Hall–Kier alpha value is -3.16. The van der Waals surface area contributed by atoms with E-state index in [2.05, 4.69) is 4.98 Å². The van der Waals surface area contributed by atoms with E-state index in [1.54, 1.807) is 42.5 Å². The van der Waals surface area contributed by atoms with E-state index in [4.69, 9.17) is 17.3 Å². The van der Waals surface area contributed by atoms with Gasteiger partial charge in [0.05, 0.1) is 21.6 Å². The largest absolute Gasteiger partial charge is 0.366 e. The minimum atomic E-state index is -0.564. The fraction of sp³-hybridized carbons (Fsp3) is 0.0455. The molecule has 1 aromatic heterocycles. The topological polar surface area (TPSA) is 78.0 Å². The van der Waals surface area contributed by atoms with Crippen LogP contribution < -0.4 is 11.3 Å². The minimum absolute atomic E-state index is 0.0782. The highest BCUT2D eigenvalue weighted by molar-refractivity contribution is 7.98. The predicted octanol–water partition coefficient (Wildman–Crippen LogP) is 4.57. The maximum absolute atomic E-state index is 13.7. The highest BCUT2D eigenvalue weighted by Crippen LogP contribution is 2.26. The van der Waals surface area contributed by atoms with Crippen LogP contribution in [0.2, 0.25) is 5.02 Å². The lowest BCUT2D eigenvalue weighted by molar-refractivity contribution is 0.100. The Morgan fingerprint density at radius 1 is 1.10 bits per heavy atom. The third-order valence-corrected chi connectivity index (χ3v) is 5.81. The van der Waals surface area contributed by atoms with Crippen LogP contribution in [0.15, 0.2) is 76.7 Å². The third-order valence-electron chi connectivity index (χ3n) is 4.51. The van der Waals surface area contributed by atoms with Crippen LogP contribution >= 0.6 is 23.4 Å². The zero-order valence-corrected chi connectivity index (χ0v) is 17.1. The third kappa shape index (κ3) is 3.94. The number of rotatable bonds is 5. The molecule has 0 saturated carbocycles. The number of fused-ring (bicyclic) bond motifs is 1. The monoisotopic (exact) mass is 439 g/mol. The number of thioether (sulfide) groups is 1. The van der Waals surface area contributed by atoms with Crippen LogP contribution in [0.25, 0.3) is 16.6 Å². The number of carbonyl (C=O) groups is 1. The minimum Gasteiger partial charge on any atom is -0.366 e. The van der Waals surface area contributed by atoms with Crippen LogP contribution in [0.3, 0.4) is 0 Å². The lowest BCUT2D eigenvalue weighted by Gasteiger charge is -2.14. The summed E-state index contributed by atoms with van der Waals surface area (Å²) in [5.74, 6) is -0.558. The number of halogens is 2. The van der Waals surface area contributed by atoms with Gasteiger partial charge in [-0.05, 0) is 48.0 Å². The molecule has 4 rings (SSSR count). The van der Waals surface area contributed by atoms with Crippen molar-refractivity contribution in [3.63, 3.8) is 0 Å². The average molecular weight is 440 g/mol. The van der Waals surface area contributed by atoms with Gasteiger partial charge in [-0.15, -0.1) is 0 Å². The summed E-state index contributed by atoms with van der Waals surface area (Å²) < 4.78 is 15.1. The van der Waals surface area contributed by atoms with Crippen molar-refractivity contribution in [1.82, 2.24) is 9.55 Å². The van der Waals surface area contributed by atoms with Crippen molar-refractivity contribution in [2.75, 3.05) is 0 Å². The number of carbonyl (C=O) groups excluding carboxylic acids is 1. The molecule has 2 N–H and O–H groups in total. The fourth-order valence-electron chi connectivity index (χ4n) is 2.97. The van der Waals surface area contributed by atoms with E-state index in [1.165, 1.54) is 34.5 Å². The number of nitrogens with two attached hydrogens (primary N) is 1. The van der Waals surface area contributed by atoms with Crippen molar-refractivity contribution in [2.24, 2.45) is 5.73 Å². The Morgan fingerprint density at radius 3 is 2.53 bits per heavy atom. The summed E-state index contributed by atoms with van der Waals surface area (Å²) in [5, 5.41) is 0.819. The molecule has 0 unspecified atom stereocenters. The van der Waals surface area contributed by atoms with Crippen LogP contribution in [-0.4, -0.2) is 15.5 Å². The Balaban J connectivity index is 1.78. The Morgan fingerprint density at radius 2 is 1.83 bits per heavy atom. The molecule has 0 aliphatic heterocycles. The van der Waals surface area contributed by atoms with E-state index < -0.39 is 11.7 Å². The average Bonchev–Trinajstić information content (AvgIpc) is 2.75. The summed E-state index contributed by atoms with van der Waals surface area (Å²) in [6, 6.07) is 18.1. The molecule has 150 valence electrons. The number of benzene rings is 3. The van der Waals surface area contributed by atoms with Crippen LogP contribution in [0, 0.1) is 5.82 Å². The second-order valence-corrected chi connectivity index (χ2v) is 7.85. The van der Waals surface area contributed by atoms with Gasteiger partial charge >= 0.3 is 0 Å². The van der Waals surface area contributed by atoms with Crippen molar-refractivity contribution in [1.29, 1.82) is 0 Å². The van der Waals surface area contributed by atoms with Gasteiger partial charge in [0.25, 0.3) is 5.56 Å². The molecule has 1 heterocycles. The van der Waals surface area contributed by atoms with Crippen LogP contribution in [-0.2, 0) is 5.75 Å². The molecular weight excluding hydrogens is 425 g/mol. The molecule has 1 amide bonds. The van der Waals surface area contributed by atoms with Gasteiger partial charge in [0.1, 0.15) is 5.82 Å². The van der Waals surface area contributed by atoms with E-state index in [0.717, 1.165) is 5.56 Å². The summed E-state index contributed by atoms with van der Waals surface area (Å²) in [4.78, 5) is 29.1. The molecule has 0 aliphatic rings. The smallest absolute Gasteiger partial charge is 0.266 e. The normalized spacial score (nSPS) is 11.0. The van der Waals surface area contributed by atoms with Gasteiger partial charge < -0.3 is 5.73 Å². The molecule has 3 aromatic carbocycles. The van der Waals surface area contributed by atoms with Gasteiger partial charge in [-0.2, -0.15) is 0 Å². The van der Waals surface area contributed by atoms with Crippen molar-refractivity contribution >= 4 is 40.2 Å². The van der Waals surface area contributed by atoms with Crippen molar-refractivity contribution in [3.8, 4) is 5.69 Å². The predicted molar refractivity (Wildman–Crippen MR) is 117 cm³/mol. The van der Waals surface area contributed by atoms with Crippen LogP contribution in [0.5, 0.6) is 0 Å². The number of amides is 1. The van der Waals surface area contributed by atoms with Crippen LogP contribution in [0.4, 0.5) is 4.39 Å². The molecule has 0 fully saturated rings. The molecule has 5 nitrogen and oxygen atoms in total. The zero-order valence-electron chi connectivity index (χ0n) is 15.5. The van der Waals surface area contributed by atoms with E-state index in [1.807, 2.05) is 6.07 Å². The van der Waals surface area contributed by atoms with E-state index >= 15 is 0 Å². The first-order valence-corrected chi connectivity index (χ1v) is 10.3. The molecule has 0 spiro atoms. The van der Waals surface area contributed by atoms with Crippen molar-refractivity contribution in [2.45, 2.75) is 10.9 Å². The first-order chi connectivity index (χ1) is 14.4. The summed E-state index contributed by atoms with van der Waals surface area (Å²) in [6.07, 6.45) is 0. The number of para-hydroxylation sites is 1. The highest BCUT2D eigenvalue weighted by Gasteiger charge is 2.15. The van der Waals surface area contributed by atoms with Gasteiger partial charge in [-0.1, -0.05) is 47.6 Å². The SMILES string of the molecule is NC(=O)c1ccc(CSc2nc3ccccc3c(=O)n2-c2ccc(F)c(Cl)c2)cc1. The fourth-order valence-corrected chi connectivity index (χ4v) is 4.12. The molecule has 8 heteroatoms. The van der Waals surface area contributed by atoms with Gasteiger partial charge in [0.15, 0.2) is 5.16 Å². The van der Waals surface area contributed by atoms with Gasteiger partial charge in [-0.3, -0.25) is 14.2 Å². The van der Waals surface area contributed by atoms with Crippen molar-refractivity contribution in [3.05, 3.63) is 99.1 Å².